The summed E-state index contributed by atoms with van der Waals surface area (Å²) in [6.45, 7) is 0.647. The lowest BCUT2D eigenvalue weighted by Gasteiger charge is -2.03. The molecule has 0 aliphatic heterocycles. The van der Waals surface area contributed by atoms with E-state index in [-0.39, 0.29) is 11.6 Å². The number of aromatic nitrogens is 1. The Hall–Kier alpha value is -0.720. The van der Waals surface area contributed by atoms with E-state index in [4.69, 9.17) is 0 Å². The molecule has 1 aromatic rings. The molecule has 0 radical (unpaired) electrons. The maximum atomic E-state index is 12.5. The quantitative estimate of drug-likeness (QED) is 0.493. The van der Waals surface area contributed by atoms with Crippen LogP contribution in [0.15, 0.2) is 18.3 Å². The average Bonchev–Trinajstić information content (AvgIpc) is 2.29. The molecule has 1 amide bonds. The van der Waals surface area contributed by atoms with E-state index in [0.717, 1.165) is 23.5 Å². The van der Waals surface area contributed by atoms with E-state index in [2.05, 4.69) is 32.9 Å². The van der Waals surface area contributed by atoms with Gasteiger partial charge in [-0.3, -0.25) is 4.79 Å². The molecule has 3 nitrogen and oxygen atoms in total. The number of carbonyl (C=O) groups is 1. The van der Waals surface area contributed by atoms with Crippen LogP contribution in [0.3, 0.4) is 0 Å². The molecule has 1 N–H and O–H groups in total. The number of pyridine rings is 1. The summed E-state index contributed by atoms with van der Waals surface area (Å²) in [6.07, 6.45) is 4.30. The summed E-state index contributed by atoms with van der Waals surface area (Å²) in [5.41, 5.74) is 0.260. The first-order chi connectivity index (χ1) is 7.74. The van der Waals surface area contributed by atoms with Crippen molar-refractivity contribution >= 4 is 28.5 Å². The highest BCUT2D eigenvalue weighted by Gasteiger charge is 2.05. The molecule has 0 aliphatic rings. The van der Waals surface area contributed by atoms with Gasteiger partial charge in [0, 0.05) is 6.54 Å². The van der Waals surface area contributed by atoms with Crippen LogP contribution >= 0.6 is 22.6 Å². The van der Waals surface area contributed by atoms with Crippen LogP contribution in [0.25, 0.3) is 0 Å². The van der Waals surface area contributed by atoms with E-state index in [1.807, 2.05) is 0 Å². The smallest absolute Gasteiger partial charge is 0.269 e. The third-order valence-corrected chi connectivity index (χ3v) is 2.82. The van der Waals surface area contributed by atoms with Crippen LogP contribution in [0.1, 0.15) is 29.8 Å². The molecule has 1 heterocycles. The molecule has 0 fully saturated rings. The lowest BCUT2D eigenvalue weighted by molar-refractivity contribution is 0.0948. The Morgan fingerprint density at radius 2 is 2.19 bits per heavy atom. The standard InChI is InChI=1S/C11H14FIN2O/c12-9-4-5-10(15-8-9)11(16)14-7-3-1-2-6-13/h4-5,8H,1-3,6-7H2,(H,14,16). The Morgan fingerprint density at radius 3 is 2.81 bits per heavy atom. The lowest BCUT2D eigenvalue weighted by Crippen LogP contribution is -2.25. The number of amides is 1. The summed E-state index contributed by atoms with van der Waals surface area (Å²) in [7, 11) is 0. The van der Waals surface area contributed by atoms with E-state index in [9.17, 15) is 9.18 Å². The highest BCUT2D eigenvalue weighted by molar-refractivity contribution is 14.1. The molecule has 0 saturated heterocycles. The Bertz CT molecular complexity index is 329. The molecule has 0 aromatic carbocycles. The van der Waals surface area contributed by atoms with Gasteiger partial charge in [0.25, 0.3) is 5.91 Å². The molecular formula is C11H14FIN2O. The van der Waals surface area contributed by atoms with Crippen molar-refractivity contribution in [1.82, 2.24) is 10.3 Å². The van der Waals surface area contributed by atoms with Crippen LogP contribution in [0.2, 0.25) is 0 Å². The van der Waals surface area contributed by atoms with Crippen LogP contribution in [-0.4, -0.2) is 21.9 Å². The number of nitrogens with one attached hydrogen (secondary N) is 1. The number of halogens is 2. The second kappa shape index (κ2) is 7.54. The number of hydrogen-bond donors (Lipinski definition) is 1. The lowest BCUT2D eigenvalue weighted by atomic mass is 10.2. The molecule has 0 spiro atoms. The summed E-state index contributed by atoms with van der Waals surface area (Å²) in [5.74, 6) is -0.673. The van der Waals surface area contributed by atoms with Crippen LogP contribution in [0.5, 0.6) is 0 Å². The van der Waals surface area contributed by atoms with Gasteiger partial charge in [0.15, 0.2) is 0 Å². The number of rotatable bonds is 6. The Kier molecular flexibility index (Phi) is 6.29. The largest absolute Gasteiger partial charge is 0.351 e. The molecule has 0 saturated carbocycles. The van der Waals surface area contributed by atoms with E-state index < -0.39 is 5.82 Å². The monoisotopic (exact) mass is 336 g/mol. The van der Waals surface area contributed by atoms with Crippen molar-refractivity contribution in [3.63, 3.8) is 0 Å². The number of alkyl halides is 1. The fraction of sp³-hybridized carbons (Fsp3) is 0.455. The molecule has 0 atom stereocenters. The molecule has 0 bridgehead atoms. The van der Waals surface area contributed by atoms with Gasteiger partial charge in [0.2, 0.25) is 0 Å². The minimum Gasteiger partial charge on any atom is -0.351 e. The molecule has 0 unspecified atom stereocenters. The zero-order valence-corrected chi connectivity index (χ0v) is 11.0. The van der Waals surface area contributed by atoms with Crippen molar-refractivity contribution in [2.75, 3.05) is 11.0 Å². The first kappa shape index (κ1) is 13.3. The Balaban J connectivity index is 2.27. The van der Waals surface area contributed by atoms with Gasteiger partial charge in [-0.1, -0.05) is 29.0 Å². The highest BCUT2D eigenvalue weighted by Crippen LogP contribution is 2.00. The van der Waals surface area contributed by atoms with Crippen LogP contribution in [0, 0.1) is 5.82 Å². The fourth-order valence-electron chi connectivity index (χ4n) is 1.20. The molecule has 5 heteroatoms. The predicted octanol–water partition coefficient (Wildman–Crippen LogP) is 2.56. The molecule has 16 heavy (non-hydrogen) atoms. The zero-order valence-electron chi connectivity index (χ0n) is 8.88. The zero-order chi connectivity index (χ0) is 11.8. The molecular weight excluding hydrogens is 322 g/mol. The minimum atomic E-state index is -0.432. The van der Waals surface area contributed by atoms with Crippen molar-refractivity contribution in [3.8, 4) is 0 Å². The fourth-order valence-corrected chi connectivity index (χ4v) is 1.74. The maximum Gasteiger partial charge on any atom is 0.269 e. The average molecular weight is 336 g/mol. The summed E-state index contributed by atoms with van der Waals surface area (Å²) in [6, 6.07) is 2.62. The van der Waals surface area contributed by atoms with E-state index in [1.165, 1.54) is 18.6 Å². The first-order valence-electron chi connectivity index (χ1n) is 5.20. The van der Waals surface area contributed by atoms with Crippen molar-refractivity contribution in [3.05, 3.63) is 29.8 Å². The molecule has 1 aromatic heterocycles. The molecule has 0 aliphatic carbocycles. The normalized spacial score (nSPS) is 10.1. The molecule has 88 valence electrons. The minimum absolute atomic E-state index is 0.241. The second-order valence-corrected chi connectivity index (χ2v) is 4.45. The Morgan fingerprint density at radius 1 is 1.38 bits per heavy atom. The van der Waals surface area contributed by atoms with E-state index >= 15 is 0 Å². The highest BCUT2D eigenvalue weighted by atomic mass is 127. The first-order valence-corrected chi connectivity index (χ1v) is 6.72. The van der Waals surface area contributed by atoms with Crippen molar-refractivity contribution in [2.24, 2.45) is 0 Å². The van der Waals surface area contributed by atoms with Gasteiger partial charge in [-0.15, -0.1) is 0 Å². The number of hydrogen-bond acceptors (Lipinski definition) is 2. The summed E-state index contributed by atoms with van der Waals surface area (Å²) in [4.78, 5) is 15.2. The number of unbranched alkanes of at least 4 members (excludes halogenated alkanes) is 2. The van der Waals surface area contributed by atoms with Gasteiger partial charge < -0.3 is 5.32 Å². The summed E-state index contributed by atoms with van der Waals surface area (Å²) in [5, 5.41) is 2.75. The van der Waals surface area contributed by atoms with Gasteiger partial charge >= 0.3 is 0 Å². The topological polar surface area (TPSA) is 42.0 Å². The second-order valence-electron chi connectivity index (χ2n) is 3.37. The number of nitrogens with zero attached hydrogens (tertiary/aromatic N) is 1. The van der Waals surface area contributed by atoms with Gasteiger partial charge in [0.05, 0.1) is 6.20 Å². The SMILES string of the molecule is O=C(NCCCCCI)c1ccc(F)cn1. The van der Waals surface area contributed by atoms with Crippen LogP contribution < -0.4 is 5.32 Å². The van der Waals surface area contributed by atoms with Gasteiger partial charge in [-0.2, -0.15) is 0 Å². The van der Waals surface area contributed by atoms with Crippen LogP contribution in [-0.2, 0) is 0 Å². The van der Waals surface area contributed by atoms with Gasteiger partial charge in [0.1, 0.15) is 11.5 Å². The molecule has 1 rings (SSSR count). The van der Waals surface area contributed by atoms with Gasteiger partial charge in [-0.05, 0) is 29.4 Å². The van der Waals surface area contributed by atoms with Crippen molar-refractivity contribution < 1.29 is 9.18 Å². The predicted molar refractivity (Wildman–Crippen MR) is 69.3 cm³/mol. The third-order valence-electron chi connectivity index (χ3n) is 2.06. The van der Waals surface area contributed by atoms with E-state index in [0.29, 0.717) is 6.54 Å². The van der Waals surface area contributed by atoms with Gasteiger partial charge in [-0.25, -0.2) is 9.37 Å². The summed E-state index contributed by atoms with van der Waals surface area (Å²) >= 11 is 2.33. The van der Waals surface area contributed by atoms with Crippen molar-refractivity contribution in [1.29, 1.82) is 0 Å². The Labute approximate surface area is 108 Å². The van der Waals surface area contributed by atoms with Crippen LogP contribution in [0.4, 0.5) is 4.39 Å². The third kappa shape index (κ3) is 4.87. The van der Waals surface area contributed by atoms with E-state index in [1.54, 1.807) is 0 Å². The van der Waals surface area contributed by atoms with Crippen molar-refractivity contribution in [2.45, 2.75) is 19.3 Å². The maximum absolute atomic E-state index is 12.5. The summed E-state index contributed by atoms with van der Waals surface area (Å²) < 4.78 is 13.7. The number of carbonyl (C=O) groups excluding carboxylic acids is 1.